The maximum atomic E-state index is 13.3. The van der Waals surface area contributed by atoms with Crippen molar-refractivity contribution in [2.45, 2.75) is 18.9 Å². The zero-order valence-corrected chi connectivity index (χ0v) is 16.3. The molecular weight excluding hydrogens is 393 g/mol. The van der Waals surface area contributed by atoms with Gasteiger partial charge in [0.15, 0.2) is 6.61 Å². The van der Waals surface area contributed by atoms with Crippen LogP contribution in [0.2, 0.25) is 5.02 Å². The number of hydroxylamine groups is 2. The van der Waals surface area contributed by atoms with Gasteiger partial charge in [0.05, 0.1) is 5.02 Å². The number of nitrogens with one attached hydrogen (secondary N) is 2. The van der Waals surface area contributed by atoms with Crippen LogP contribution in [-0.2, 0) is 19.5 Å². The zero-order chi connectivity index (χ0) is 20.5. The minimum absolute atomic E-state index is 0.0245. The third kappa shape index (κ3) is 7.43. The standard InChI is InChI=1S/C18H23ClFN3O5/c1-12(18(25)22-10-14-6-8-23(2)28-27-14)5-7-21-17(24)11-26-13-3-4-15(19)16(20)9-13/h3-4,9,14H,1,5-8,10-11H2,2H3,(H,21,24)(H,22,25). The van der Waals surface area contributed by atoms with Crippen LogP contribution < -0.4 is 15.4 Å². The molecule has 1 saturated heterocycles. The summed E-state index contributed by atoms with van der Waals surface area (Å²) in [4.78, 5) is 33.8. The smallest absolute Gasteiger partial charge is 0.257 e. The summed E-state index contributed by atoms with van der Waals surface area (Å²) in [6.45, 7) is 4.66. The minimum Gasteiger partial charge on any atom is -0.484 e. The highest BCUT2D eigenvalue weighted by Gasteiger charge is 2.20. The molecule has 2 amide bonds. The van der Waals surface area contributed by atoms with Gasteiger partial charge in [0, 0.05) is 38.3 Å². The number of amides is 2. The monoisotopic (exact) mass is 415 g/mol. The van der Waals surface area contributed by atoms with Crippen LogP contribution in [0, 0.1) is 5.82 Å². The first-order valence-electron chi connectivity index (χ1n) is 8.70. The van der Waals surface area contributed by atoms with E-state index in [1.807, 2.05) is 0 Å². The third-order valence-corrected chi connectivity index (χ3v) is 4.20. The summed E-state index contributed by atoms with van der Waals surface area (Å²) < 4.78 is 18.5. The second kappa shape index (κ2) is 11.0. The van der Waals surface area contributed by atoms with E-state index in [1.165, 1.54) is 12.1 Å². The molecular formula is C18H23ClFN3O5. The van der Waals surface area contributed by atoms with Crippen LogP contribution in [0.5, 0.6) is 5.75 Å². The summed E-state index contributed by atoms with van der Waals surface area (Å²) in [6.07, 6.45) is 0.789. The van der Waals surface area contributed by atoms with E-state index < -0.39 is 11.7 Å². The quantitative estimate of drug-likeness (QED) is 0.470. The Balaban J connectivity index is 1.59. The predicted octanol–water partition coefficient (Wildman–Crippen LogP) is 1.60. The van der Waals surface area contributed by atoms with E-state index in [0.717, 1.165) is 12.5 Å². The maximum absolute atomic E-state index is 13.3. The molecule has 1 aromatic rings. The van der Waals surface area contributed by atoms with Gasteiger partial charge in [-0.1, -0.05) is 18.2 Å². The zero-order valence-electron chi connectivity index (χ0n) is 15.5. The number of carbonyl (C=O) groups is 2. The molecule has 0 spiro atoms. The van der Waals surface area contributed by atoms with E-state index >= 15 is 0 Å². The Labute approximate surface area is 167 Å². The van der Waals surface area contributed by atoms with Crippen LogP contribution >= 0.6 is 11.6 Å². The Morgan fingerprint density at radius 3 is 2.89 bits per heavy atom. The minimum atomic E-state index is -0.626. The van der Waals surface area contributed by atoms with Gasteiger partial charge in [0.1, 0.15) is 17.7 Å². The molecule has 8 nitrogen and oxygen atoms in total. The number of hydrogen-bond acceptors (Lipinski definition) is 6. The molecule has 1 unspecified atom stereocenters. The van der Waals surface area contributed by atoms with Gasteiger partial charge in [-0.15, -0.1) is 4.99 Å². The van der Waals surface area contributed by atoms with E-state index in [4.69, 9.17) is 26.2 Å². The van der Waals surface area contributed by atoms with Gasteiger partial charge >= 0.3 is 0 Å². The molecule has 1 fully saturated rings. The Bertz CT molecular complexity index is 710. The molecule has 1 aliphatic rings. The molecule has 10 heteroatoms. The Kier molecular flexibility index (Phi) is 8.65. The Hall–Kier alpha value is -2.20. The number of ether oxygens (including phenoxy) is 1. The lowest BCUT2D eigenvalue weighted by molar-refractivity contribution is -0.459. The lowest BCUT2D eigenvalue weighted by Crippen LogP contribution is -2.41. The summed E-state index contributed by atoms with van der Waals surface area (Å²) in [6, 6.07) is 3.90. The largest absolute Gasteiger partial charge is 0.484 e. The number of halogens is 2. The number of benzene rings is 1. The Morgan fingerprint density at radius 2 is 2.21 bits per heavy atom. The summed E-state index contributed by atoms with van der Waals surface area (Å²) in [5.74, 6) is -1.15. The fraction of sp³-hybridized carbons (Fsp3) is 0.444. The summed E-state index contributed by atoms with van der Waals surface area (Å²) in [5, 5.41) is 6.85. The van der Waals surface area contributed by atoms with Crippen LogP contribution in [0.1, 0.15) is 12.8 Å². The van der Waals surface area contributed by atoms with Crippen molar-refractivity contribution >= 4 is 23.4 Å². The number of rotatable bonds is 9. The van der Waals surface area contributed by atoms with Crippen LogP contribution in [0.3, 0.4) is 0 Å². The first-order valence-corrected chi connectivity index (χ1v) is 9.08. The third-order valence-electron chi connectivity index (χ3n) is 3.89. The average Bonchev–Trinajstić information content (AvgIpc) is 2.68. The molecule has 2 N–H and O–H groups in total. The SMILES string of the molecule is C=C(CCNC(=O)COc1ccc(Cl)c(F)c1)C(=O)NCC1CCN(C)OO1. The molecule has 0 aliphatic carbocycles. The van der Waals surface area contributed by atoms with Crippen molar-refractivity contribution in [2.24, 2.45) is 0 Å². The number of carbonyl (C=O) groups excluding carboxylic acids is 2. The predicted molar refractivity (Wildman–Crippen MR) is 99.9 cm³/mol. The lowest BCUT2D eigenvalue weighted by Gasteiger charge is -2.27. The highest BCUT2D eigenvalue weighted by Crippen LogP contribution is 2.20. The van der Waals surface area contributed by atoms with Gasteiger partial charge in [-0.2, -0.15) is 5.06 Å². The summed E-state index contributed by atoms with van der Waals surface area (Å²) >= 11 is 5.57. The molecule has 1 aromatic carbocycles. The fourth-order valence-corrected chi connectivity index (χ4v) is 2.36. The first kappa shape index (κ1) is 22.1. The molecule has 0 aromatic heterocycles. The van der Waals surface area contributed by atoms with Gasteiger partial charge in [0.25, 0.3) is 5.91 Å². The lowest BCUT2D eigenvalue weighted by atomic mass is 10.2. The van der Waals surface area contributed by atoms with Crippen molar-refractivity contribution in [3.8, 4) is 5.75 Å². The number of hydrogen-bond donors (Lipinski definition) is 2. The topological polar surface area (TPSA) is 89.1 Å². The second-order valence-corrected chi connectivity index (χ2v) is 6.62. The average molecular weight is 416 g/mol. The van der Waals surface area contributed by atoms with Crippen molar-refractivity contribution in [1.82, 2.24) is 15.7 Å². The summed E-state index contributed by atoms with van der Waals surface area (Å²) in [7, 11) is 1.75. The van der Waals surface area contributed by atoms with Crippen LogP contribution in [0.15, 0.2) is 30.4 Å². The van der Waals surface area contributed by atoms with Crippen molar-refractivity contribution < 1.29 is 28.6 Å². The van der Waals surface area contributed by atoms with Gasteiger partial charge in [-0.05, 0) is 25.0 Å². The van der Waals surface area contributed by atoms with Crippen LogP contribution in [0.4, 0.5) is 4.39 Å². The molecule has 0 radical (unpaired) electrons. The molecule has 1 heterocycles. The highest BCUT2D eigenvalue weighted by atomic mass is 35.5. The maximum Gasteiger partial charge on any atom is 0.257 e. The van der Waals surface area contributed by atoms with E-state index in [1.54, 1.807) is 12.1 Å². The molecule has 0 saturated carbocycles. The second-order valence-electron chi connectivity index (χ2n) is 6.21. The number of nitrogens with zero attached hydrogens (tertiary/aromatic N) is 1. The molecule has 0 bridgehead atoms. The highest BCUT2D eigenvalue weighted by molar-refractivity contribution is 6.30. The van der Waals surface area contributed by atoms with Gasteiger partial charge < -0.3 is 15.4 Å². The van der Waals surface area contributed by atoms with Crippen molar-refractivity contribution in [3.05, 3.63) is 41.2 Å². The molecule has 2 rings (SSSR count). The summed E-state index contributed by atoms with van der Waals surface area (Å²) in [5.41, 5.74) is 0.329. The van der Waals surface area contributed by atoms with Crippen molar-refractivity contribution in [1.29, 1.82) is 0 Å². The molecule has 1 atom stereocenters. The van der Waals surface area contributed by atoms with Gasteiger partial charge in [-0.3, -0.25) is 9.59 Å². The van der Waals surface area contributed by atoms with Crippen molar-refractivity contribution in [3.63, 3.8) is 0 Å². The molecule has 28 heavy (non-hydrogen) atoms. The van der Waals surface area contributed by atoms with Crippen LogP contribution in [-0.4, -0.2) is 56.3 Å². The van der Waals surface area contributed by atoms with Crippen molar-refractivity contribution in [2.75, 3.05) is 33.3 Å². The molecule has 154 valence electrons. The van der Waals surface area contributed by atoms with E-state index in [-0.39, 0.29) is 42.4 Å². The normalized spacial score (nSPS) is 17.0. The van der Waals surface area contributed by atoms with Crippen LogP contribution in [0.25, 0.3) is 0 Å². The van der Waals surface area contributed by atoms with Gasteiger partial charge in [0.2, 0.25) is 5.91 Å². The van der Waals surface area contributed by atoms with E-state index in [0.29, 0.717) is 18.7 Å². The molecule has 1 aliphatic heterocycles. The van der Waals surface area contributed by atoms with E-state index in [9.17, 15) is 14.0 Å². The van der Waals surface area contributed by atoms with E-state index in [2.05, 4.69) is 17.2 Å². The first-order chi connectivity index (χ1) is 13.3. The van der Waals surface area contributed by atoms with Gasteiger partial charge in [-0.25, -0.2) is 9.28 Å². The fourth-order valence-electron chi connectivity index (χ4n) is 2.25. The Morgan fingerprint density at radius 1 is 1.43 bits per heavy atom.